The van der Waals surface area contributed by atoms with Gasteiger partial charge < -0.3 is 34.3 Å². The summed E-state index contributed by atoms with van der Waals surface area (Å²) in [5.41, 5.74) is 5.95. The van der Waals surface area contributed by atoms with Crippen LogP contribution in [0.3, 0.4) is 0 Å². The fourth-order valence-electron chi connectivity index (χ4n) is 5.90. The molecule has 0 saturated heterocycles. The van der Waals surface area contributed by atoms with Gasteiger partial charge in [0.15, 0.2) is 17.6 Å². The molecule has 0 radical (unpaired) electrons. The topological polar surface area (TPSA) is 97.6 Å². The number of aromatic hydroxyl groups is 2. The minimum absolute atomic E-state index is 0.0997. The van der Waals surface area contributed by atoms with Crippen molar-refractivity contribution in [3.8, 4) is 45.6 Å². The molecule has 1 aliphatic heterocycles. The van der Waals surface area contributed by atoms with Crippen LogP contribution < -0.4 is 18.9 Å². The van der Waals surface area contributed by atoms with Crippen LogP contribution in [0.25, 0.3) is 11.1 Å². The van der Waals surface area contributed by atoms with E-state index in [0.29, 0.717) is 29.4 Å². The molecule has 0 amide bonds. The van der Waals surface area contributed by atoms with Gasteiger partial charge in [-0.2, -0.15) is 0 Å². The Morgan fingerprint density at radius 2 is 1.58 bits per heavy atom. The maximum absolute atomic E-state index is 11.3. The summed E-state index contributed by atoms with van der Waals surface area (Å²) in [4.78, 5) is 0. The lowest BCUT2D eigenvalue weighted by Gasteiger charge is -2.37. The van der Waals surface area contributed by atoms with Gasteiger partial charge in [0.05, 0.1) is 27.4 Å². The molecule has 3 aromatic carbocycles. The molecule has 0 bridgehead atoms. The molecule has 0 spiro atoms. The molecule has 3 atom stereocenters. The molecule has 1 aliphatic carbocycles. The van der Waals surface area contributed by atoms with Gasteiger partial charge >= 0.3 is 0 Å². The van der Waals surface area contributed by atoms with Crippen molar-refractivity contribution in [3.05, 3.63) is 58.7 Å². The van der Waals surface area contributed by atoms with Gasteiger partial charge in [-0.25, -0.2) is 0 Å². The lowest BCUT2D eigenvalue weighted by atomic mass is 9.73. The molecule has 38 heavy (non-hydrogen) atoms. The van der Waals surface area contributed by atoms with Crippen LogP contribution in [0.5, 0.6) is 34.5 Å². The van der Waals surface area contributed by atoms with Gasteiger partial charge in [-0.15, -0.1) is 0 Å². The predicted octanol–water partition coefficient (Wildman–Crippen LogP) is 5.90. The van der Waals surface area contributed by atoms with E-state index in [4.69, 9.17) is 18.9 Å². The number of ether oxygens (including phenoxy) is 4. The maximum Gasteiger partial charge on any atom is 0.200 e. The average molecular weight is 521 g/mol. The third kappa shape index (κ3) is 4.49. The second-order valence-electron chi connectivity index (χ2n) is 10.6. The molecule has 7 heteroatoms. The van der Waals surface area contributed by atoms with Crippen molar-refractivity contribution in [2.24, 2.45) is 5.92 Å². The minimum atomic E-state index is -0.825. The largest absolute Gasteiger partial charge is 0.508 e. The Bertz CT molecular complexity index is 1320. The molecular formula is C31H36O7. The number of methoxy groups -OCH3 is 3. The van der Waals surface area contributed by atoms with Crippen molar-refractivity contribution < 1.29 is 34.3 Å². The van der Waals surface area contributed by atoms with Crippen molar-refractivity contribution in [1.82, 2.24) is 0 Å². The van der Waals surface area contributed by atoms with Gasteiger partial charge in [0, 0.05) is 29.2 Å². The molecule has 3 unspecified atom stereocenters. The van der Waals surface area contributed by atoms with Crippen molar-refractivity contribution in [2.75, 3.05) is 21.3 Å². The molecule has 7 nitrogen and oxygen atoms in total. The van der Waals surface area contributed by atoms with Crippen LogP contribution >= 0.6 is 0 Å². The van der Waals surface area contributed by atoms with Crippen molar-refractivity contribution in [2.45, 2.75) is 57.7 Å². The van der Waals surface area contributed by atoms with Gasteiger partial charge in [-0.1, -0.05) is 26.3 Å². The molecule has 2 aliphatic rings. The number of aliphatic hydroxyl groups excluding tert-OH is 1. The molecule has 3 aromatic rings. The number of hydrogen-bond donors (Lipinski definition) is 3. The Kier molecular flexibility index (Phi) is 7.05. The minimum Gasteiger partial charge on any atom is -0.508 e. The van der Waals surface area contributed by atoms with Gasteiger partial charge in [0.2, 0.25) is 5.75 Å². The van der Waals surface area contributed by atoms with Gasteiger partial charge in [-0.05, 0) is 65.6 Å². The fourth-order valence-corrected chi connectivity index (χ4v) is 5.90. The summed E-state index contributed by atoms with van der Waals surface area (Å²) in [6, 6.07) is 10.8. The summed E-state index contributed by atoms with van der Waals surface area (Å²) in [7, 11) is 4.59. The van der Waals surface area contributed by atoms with Crippen LogP contribution in [-0.4, -0.2) is 42.8 Å². The molecule has 1 heterocycles. The van der Waals surface area contributed by atoms with Crippen LogP contribution in [0.2, 0.25) is 0 Å². The molecular weight excluding hydrogens is 484 g/mol. The normalized spacial score (nSPS) is 19.7. The summed E-state index contributed by atoms with van der Waals surface area (Å²) in [5, 5.41) is 32.0. The third-order valence-corrected chi connectivity index (χ3v) is 7.83. The highest BCUT2D eigenvalue weighted by Gasteiger charge is 2.37. The number of benzene rings is 3. The number of fused-ring (bicyclic) bond motifs is 5. The van der Waals surface area contributed by atoms with E-state index in [1.165, 1.54) is 14.2 Å². The van der Waals surface area contributed by atoms with Crippen LogP contribution in [0.4, 0.5) is 0 Å². The van der Waals surface area contributed by atoms with Crippen molar-refractivity contribution in [3.63, 3.8) is 0 Å². The third-order valence-electron chi connectivity index (χ3n) is 7.83. The smallest absolute Gasteiger partial charge is 0.200 e. The van der Waals surface area contributed by atoms with Crippen LogP contribution in [0.1, 0.15) is 61.0 Å². The number of rotatable bonds is 7. The monoisotopic (exact) mass is 520 g/mol. The van der Waals surface area contributed by atoms with E-state index in [1.54, 1.807) is 25.3 Å². The second-order valence-corrected chi connectivity index (χ2v) is 10.6. The SMILES string of the molecule is COc1cc(C2Oc3cc(OC)c4c(c3CC2O)CC(CCC(C)C)c2cc(O)ccc2-4)cc(OC)c1O. The quantitative estimate of drug-likeness (QED) is 0.357. The van der Waals surface area contributed by atoms with E-state index < -0.39 is 12.2 Å². The van der Waals surface area contributed by atoms with Crippen LogP contribution in [0.15, 0.2) is 36.4 Å². The predicted molar refractivity (Wildman–Crippen MR) is 145 cm³/mol. The highest BCUT2D eigenvalue weighted by atomic mass is 16.5. The molecule has 5 rings (SSSR count). The standard InChI is InChI=1S/C31H36O7/c1-16(2)6-7-17-10-23-22-14-24(33)31(18-11-27(36-4)30(34)28(12-18)37-5)38-25(22)15-26(35-3)29(23)20-9-8-19(32)13-21(17)20/h8-9,11-13,15-17,24,31-34H,6-7,10,14H2,1-5H3. The number of phenols is 2. The van der Waals surface area contributed by atoms with Crippen molar-refractivity contribution >= 4 is 0 Å². The van der Waals surface area contributed by atoms with E-state index in [2.05, 4.69) is 13.8 Å². The van der Waals surface area contributed by atoms with E-state index in [1.807, 2.05) is 18.2 Å². The molecule has 0 aromatic heterocycles. The van der Waals surface area contributed by atoms with E-state index in [0.717, 1.165) is 47.1 Å². The number of aliphatic hydroxyl groups is 1. The highest BCUT2D eigenvalue weighted by molar-refractivity contribution is 5.82. The highest BCUT2D eigenvalue weighted by Crippen LogP contribution is 2.53. The fraction of sp³-hybridized carbons (Fsp3) is 0.419. The van der Waals surface area contributed by atoms with E-state index in [9.17, 15) is 15.3 Å². The van der Waals surface area contributed by atoms with E-state index in [-0.39, 0.29) is 28.9 Å². The summed E-state index contributed by atoms with van der Waals surface area (Å²) < 4.78 is 23.0. The zero-order chi connectivity index (χ0) is 27.1. The summed E-state index contributed by atoms with van der Waals surface area (Å²) in [6.45, 7) is 4.45. The lowest BCUT2D eigenvalue weighted by Crippen LogP contribution is -2.32. The zero-order valence-corrected chi connectivity index (χ0v) is 22.6. The maximum atomic E-state index is 11.3. The molecule has 202 valence electrons. The molecule has 0 fully saturated rings. The first-order valence-corrected chi connectivity index (χ1v) is 13.1. The summed E-state index contributed by atoms with van der Waals surface area (Å²) in [6.07, 6.45) is 1.75. The first kappa shape index (κ1) is 26.0. The Morgan fingerprint density at radius 3 is 2.21 bits per heavy atom. The second kappa shape index (κ2) is 10.3. The first-order chi connectivity index (χ1) is 18.2. The Labute approximate surface area is 223 Å². The lowest BCUT2D eigenvalue weighted by molar-refractivity contribution is 0.0201. The Morgan fingerprint density at radius 1 is 0.895 bits per heavy atom. The molecule has 0 saturated carbocycles. The summed E-state index contributed by atoms with van der Waals surface area (Å²) >= 11 is 0. The zero-order valence-electron chi connectivity index (χ0n) is 22.6. The first-order valence-electron chi connectivity index (χ1n) is 13.1. The van der Waals surface area contributed by atoms with Crippen LogP contribution in [0, 0.1) is 5.92 Å². The van der Waals surface area contributed by atoms with Gasteiger partial charge in [0.1, 0.15) is 17.2 Å². The van der Waals surface area contributed by atoms with Gasteiger partial charge in [0.25, 0.3) is 0 Å². The summed E-state index contributed by atoms with van der Waals surface area (Å²) in [5.74, 6) is 2.84. The Hall–Kier alpha value is -3.58. The van der Waals surface area contributed by atoms with Gasteiger partial charge in [-0.3, -0.25) is 0 Å². The number of hydrogen-bond acceptors (Lipinski definition) is 7. The van der Waals surface area contributed by atoms with Crippen LogP contribution in [-0.2, 0) is 12.8 Å². The average Bonchev–Trinajstić information content (AvgIpc) is 2.91. The van der Waals surface area contributed by atoms with Crippen molar-refractivity contribution in [1.29, 1.82) is 0 Å². The Balaban J connectivity index is 1.61. The molecule has 3 N–H and O–H groups in total. The number of phenolic OH excluding ortho intramolecular Hbond substituents is 2. The van der Waals surface area contributed by atoms with E-state index >= 15 is 0 Å².